The average Bonchev–Trinajstić information content (AvgIpc) is 2.15. The van der Waals surface area contributed by atoms with Gasteiger partial charge in [-0.25, -0.2) is 0 Å². The van der Waals surface area contributed by atoms with Crippen molar-refractivity contribution in [2.75, 3.05) is 0 Å². The van der Waals surface area contributed by atoms with Crippen LogP contribution in [0.15, 0.2) is 43.0 Å². The summed E-state index contributed by atoms with van der Waals surface area (Å²) in [4.78, 5) is 10.8. The Hall–Kier alpha value is -0.830. The molecule has 2 nitrogen and oxygen atoms in total. The largest absolute Gasteiger partial charge is 1.00 e. The molecule has 0 unspecified atom stereocenters. The number of carbonyl (C=O) groups is 1. The molecule has 0 radical (unpaired) electrons. The summed E-state index contributed by atoms with van der Waals surface area (Å²) in [6.45, 7) is 5.33. The van der Waals surface area contributed by atoms with E-state index >= 15 is 0 Å². The summed E-state index contributed by atoms with van der Waals surface area (Å²) in [5.74, 6) is -1.18. The molecule has 0 aliphatic heterocycles. The first kappa shape index (κ1) is 14.2. The predicted octanol–water partition coefficient (Wildman–Crippen LogP) is -1.68. The third kappa shape index (κ3) is 3.67. The molecule has 0 heterocycles. The molecule has 0 aliphatic rings. The van der Waals surface area contributed by atoms with Gasteiger partial charge in [0.05, 0.1) is 5.97 Å². The zero-order valence-corrected chi connectivity index (χ0v) is 11.0. The molecule has 0 saturated carbocycles. The number of rotatable bonds is 3. The molecule has 0 aliphatic carbocycles. The Labute approximate surface area is 112 Å². The molecular weight excluding hydrogens is 199 g/mol. The fourth-order valence-corrected chi connectivity index (χ4v) is 1.26. The molecule has 72 valence electrons. The van der Waals surface area contributed by atoms with Crippen LogP contribution >= 0.6 is 0 Å². The van der Waals surface area contributed by atoms with Gasteiger partial charge in [0.2, 0.25) is 0 Å². The first-order chi connectivity index (χ1) is 6.66. The molecule has 1 rings (SSSR count). The van der Waals surface area contributed by atoms with E-state index in [0.29, 0.717) is 5.56 Å². The Kier molecular flexibility index (Phi) is 6.25. The minimum atomic E-state index is -1.18. The molecule has 0 bridgehead atoms. The van der Waals surface area contributed by atoms with E-state index in [4.69, 9.17) is 0 Å². The van der Waals surface area contributed by atoms with Crippen molar-refractivity contribution >= 4 is 11.5 Å². The zero-order valence-electron chi connectivity index (χ0n) is 8.99. The van der Waals surface area contributed by atoms with Gasteiger partial charge in [-0.1, -0.05) is 43.0 Å². The van der Waals surface area contributed by atoms with Crippen molar-refractivity contribution in [2.24, 2.45) is 0 Å². The van der Waals surface area contributed by atoms with Crippen LogP contribution in [0.5, 0.6) is 0 Å². The van der Waals surface area contributed by atoms with Crippen molar-refractivity contribution in [3.63, 3.8) is 0 Å². The fourth-order valence-electron chi connectivity index (χ4n) is 1.26. The summed E-state index contributed by atoms with van der Waals surface area (Å²) in [5.41, 5.74) is 1.75. The van der Waals surface area contributed by atoms with Gasteiger partial charge in [0.15, 0.2) is 0 Å². The Bertz CT molecular complexity index is 394. The van der Waals surface area contributed by atoms with E-state index in [0.717, 1.165) is 5.56 Å². The number of aliphatic carboxylic acids is 1. The van der Waals surface area contributed by atoms with E-state index < -0.39 is 5.97 Å². The van der Waals surface area contributed by atoms with Gasteiger partial charge in [-0.15, -0.1) is 0 Å². The van der Waals surface area contributed by atoms with Gasteiger partial charge in [-0.05, 0) is 18.1 Å². The third-order valence-corrected chi connectivity index (χ3v) is 1.94. The molecule has 0 N–H and O–H groups in total. The smallest absolute Gasteiger partial charge is 0.545 e. The van der Waals surface area contributed by atoms with Gasteiger partial charge in [0.25, 0.3) is 0 Å². The van der Waals surface area contributed by atoms with E-state index in [1.54, 1.807) is 12.1 Å². The summed E-state index contributed by atoms with van der Waals surface area (Å²) >= 11 is 0. The van der Waals surface area contributed by atoms with Crippen LogP contribution in [0.2, 0.25) is 0 Å². The topological polar surface area (TPSA) is 40.1 Å². The van der Waals surface area contributed by atoms with Gasteiger partial charge < -0.3 is 9.90 Å². The van der Waals surface area contributed by atoms with E-state index in [2.05, 4.69) is 6.58 Å². The van der Waals surface area contributed by atoms with Gasteiger partial charge in [-0.2, -0.15) is 0 Å². The van der Waals surface area contributed by atoms with Crippen molar-refractivity contribution in [3.05, 3.63) is 54.1 Å². The van der Waals surface area contributed by atoms with Gasteiger partial charge in [-0.3, -0.25) is 0 Å². The molecule has 1 aromatic carbocycles. The normalized spacial score (nSPS) is 10.3. The Morgan fingerprint density at radius 2 is 2.00 bits per heavy atom. The van der Waals surface area contributed by atoms with Crippen LogP contribution in [-0.2, 0) is 4.79 Å². The van der Waals surface area contributed by atoms with Gasteiger partial charge in [0.1, 0.15) is 0 Å². The second kappa shape index (κ2) is 6.62. The summed E-state index contributed by atoms with van der Waals surface area (Å²) in [6.07, 6.45) is 2.88. The molecular formula is C12H11NaO2. The molecule has 1 aromatic rings. The number of allylic oxidation sites excluding steroid dienone is 2. The first-order valence-electron chi connectivity index (χ1n) is 4.27. The number of aryl methyl sites for hydroxylation is 1. The Morgan fingerprint density at radius 1 is 1.40 bits per heavy atom. The summed E-state index contributed by atoms with van der Waals surface area (Å²) in [7, 11) is 0. The van der Waals surface area contributed by atoms with Crippen LogP contribution in [0.3, 0.4) is 0 Å². The minimum Gasteiger partial charge on any atom is -0.545 e. The molecule has 0 saturated heterocycles. The van der Waals surface area contributed by atoms with E-state index in [-0.39, 0.29) is 35.1 Å². The minimum absolute atomic E-state index is 0. The third-order valence-electron chi connectivity index (χ3n) is 1.94. The molecule has 3 heteroatoms. The molecule has 0 spiro atoms. The summed E-state index contributed by atoms with van der Waals surface area (Å²) in [5, 5.41) is 10.8. The predicted molar refractivity (Wildman–Crippen MR) is 54.4 cm³/mol. The van der Waals surface area contributed by atoms with E-state index in [9.17, 15) is 9.90 Å². The van der Waals surface area contributed by atoms with Gasteiger partial charge >= 0.3 is 29.6 Å². The van der Waals surface area contributed by atoms with Crippen LogP contribution in [0.1, 0.15) is 11.1 Å². The first-order valence-corrected chi connectivity index (χ1v) is 4.27. The van der Waals surface area contributed by atoms with Crippen LogP contribution in [0.4, 0.5) is 0 Å². The maximum atomic E-state index is 10.8. The van der Waals surface area contributed by atoms with Crippen LogP contribution < -0.4 is 34.7 Å². The van der Waals surface area contributed by atoms with Crippen molar-refractivity contribution in [1.29, 1.82) is 0 Å². The Morgan fingerprint density at radius 3 is 2.47 bits per heavy atom. The van der Waals surface area contributed by atoms with Crippen molar-refractivity contribution in [3.8, 4) is 0 Å². The average molecular weight is 210 g/mol. The van der Waals surface area contributed by atoms with Crippen LogP contribution in [-0.4, -0.2) is 5.97 Å². The van der Waals surface area contributed by atoms with E-state index in [1.165, 1.54) is 12.2 Å². The zero-order chi connectivity index (χ0) is 10.6. The second-order valence-electron chi connectivity index (χ2n) is 2.92. The molecule has 15 heavy (non-hydrogen) atoms. The van der Waals surface area contributed by atoms with Crippen molar-refractivity contribution < 1.29 is 39.5 Å². The number of benzene rings is 1. The number of carboxylic acids is 1. The van der Waals surface area contributed by atoms with Crippen molar-refractivity contribution in [1.82, 2.24) is 0 Å². The SMILES string of the molecule is C=C/C=C(/C(=O)[O-])c1ccccc1C.[Na+]. The number of hydrogen-bond acceptors (Lipinski definition) is 2. The molecule has 0 atom stereocenters. The maximum Gasteiger partial charge on any atom is 1.00 e. The van der Waals surface area contributed by atoms with Crippen LogP contribution in [0, 0.1) is 6.92 Å². The van der Waals surface area contributed by atoms with Crippen molar-refractivity contribution in [2.45, 2.75) is 6.92 Å². The second-order valence-corrected chi connectivity index (χ2v) is 2.92. The monoisotopic (exact) mass is 210 g/mol. The Balaban J connectivity index is 0.00000196. The van der Waals surface area contributed by atoms with Crippen LogP contribution in [0.25, 0.3) is 5.57 Å². The quantitative estimate of drug-likeness (QED) is 0.339. The molecule has 0 amide bonds. The number of hydrogen-bond donors (Lipinski definition) is 0. The van der Waals surface area contributed by atoms with Gasteiger partial charge in [0, 0.05) is 5.57 Å². The van der Waals surface area contributed by atoms with E-state index in [1.807, 2.05) is 19.1 Å². The maximum absolute atomic E-state index is 10.8. The standard InChI is InChI=1S/C12H12O2.Na/c1-3-6-11(12(13)14)10-8-5-4-7-9(10)2;/h3-8H,1H2,2H3,(H,13,14);/q;+1/p-1/b11-6+;. The summed E-state index contributed by atoms with van der Waals surface area (Å²) < 4.78 is 0. The molecule has 0 fully saturated rings. The number of carbonyl (C=O) groups excluding carboxylic acids is 1. The summed E-state index contributed by atoms with van der Waals surface area (Å²) in [6, 6.07) is 7.26. The molecule has 0 aromatic heterocycles. The fraction of sp³-hybridized carbons (Fsp3) is 0.0833. The number of carboxylic acid groups (broad SMARTS) is 1.